The third kappa shape index (κ3) is 5.08. The molecule has 0 saturated carbocycles. The maximum absolute atomic E-state index is 14.1. The van der Waals surface area contributed by atoms with E-state index in [1.807, 2.05) is 24.3 Å². The van der Waals surface area contributed by atoms with Crippen molar-refractivity contribution >= 4 is 17.2 Å². The van der Waals surface area contributed by atoms with Gasteiger partial charge in [-0.25, -0.2) is 15.2 Å². The third-order valence-corrected chi connectivity index (χ3v) is 7.10. The first-order valence-corrected chi connectivity index (χ1v) is 12.3. The lowest BCUT2D eigenvalue weighted by Crippen LogP contribution is -2.37. The van der Waals surface area contributed by atoms with Gasteiger partial charge in [0.2, 0.25) is 0 Å². The lowest BCUT2D eigenvalue weighted by molar-refractivity contribution is -0.137. The van der Waals surface area contributed by atoms with Crippen molar-refractivity contribution in [1.29, 1.82) is 0 Å². The largest absolute Gasteiger partial charge is 0.416 e. The van der Waals surface area contributed by atoms with E-state index in [4.69, 9.17) is 5.84 Å². The van der Waals surface area contributed by atoms with Crippen LogP contribution in [0.25, 0.3) is 5.65 Å². The van der Waals surface area contributed by atoms with Crippen molar-refractivity contribution in [2.45, 2.75) is 38.4 Å². The molecular weight excluding hydrogens is 498 g/mol. The fourth-order valence-electron chi connectivity index (χ4n) is 5.04. The van der Waals surface area contributed by atoms with E-state index in [9.17, 15) is 22.4 Å². The van der Waals surface area contributed by atoms with Gasteiger partial charge in [0.15, 0.2) is 11.5 Å². The fourth-order valence-corrected chi connectivity index (χ4v) is 5.04. The molecule has 1 saturated heterocycles. The van der Waals surface area contributed by atoms with Crippen molar-refractivity contribution in [1.82, 2.24) is 14.4 Å². The van der Waals surface area contributed by atoms with E-state index in [1.165, 1.54) is 16.5 Å². The summed E-state index contributed by atoms with van der Waals surface area (Å²) in [5.74, 6) is 5.34. The van der Waals surface area contributed by atoms with E-state index in [1.54, 1.807) is 25.3 Å². The van der Waals surface area contributed by atoms with Gasteiger partial charge in [-0.05, 0) is 73.2 Å². The molecule has 1 amide bonds. The van der Waals surface area contributed by atoms with Gasteiger partial charge >= 0.3 is 6.18 Å². The zero-order chi connectivity index (χ0) is 27.0. The van der Waals surface area contributed by atoms with Gasteiger partial charge in [-0.1, -0.05) is 24.3 Å². The number of fused-ring (bicyclic) bond motifs is 1. The number of anilines is 1. The van der Waals surface area contributed by atoms with Crippen LogP contribution in [0.4, 0.5) is 23.2 Å². The molecule has 0 radical (unpaired) electrons. The van der Waals surface area contributed by atoms with Crippen LogP contribution in [0, 0.1) is 12.7 Å². The average Bonchev–Trinajstić information content (AvgIpc) is 3.25. The molecule has 2 aromatic carbocycles. The second-order valence-corrected chi connectivity index (χ2v) is 9.58. The van der Waals surface area contributed by atoms with E-state index in [0.29, 0.717) is 5.69 Å². The van der Waals surface area contributed by atoms with Crippen LogP contribution in [0.5, 0.6) is 0 Å². The Bertz CT molecular complexity index is 1440. The summed E-state index contributed by atoms with van der Waals surface area (Å²) >= 11 is 0. The summed E-state index contributed by atoms with van der Waals surface area (Å²) in [6.07, 6.45) is -1.06. The van der Waals surface area contributed by atoms with Crippen molar-refractivity contribution in [2.75, 3.05) is 18.0 Å². The molecule has 0 atom stereocenters. The van der Waals surface area contributed by atoms with Crippen molar-refractivity contribution < 1.29 is 22.4 Å². The first-order chi connectivity index (χ1) is 18.1. The number of pyridine rings is 1. The second kappa shape index (κ2) is 10.1. The number of carbonyl (C=O) groups is 1. The normalized spacial score (nSPS) is 14.7. The fraction of sp³-hybridized carbons (Fsp3) is 0.286. The molecule has 6 nitrogen and oxygen atoms in total. The number of hydrogen-bond acceptors (Lipinski definition) is 4. The minimum Gasteiger partial charge on any atom is -0.371 e. The van der Waals surface area contributed by atoms with Crippen LogP contribution in [-0.4, -0.2) is 33.4 Å². The van der Waals surface area contributed by atoms with Crippen LogP contribution in [-0.2, 0) is 12.7 Å². The van der Waals surface area contributed by atoms with Gasteiger partial charge in [0.25, 0.3) is 5.91 Å². The number of piperidine rings is 1. The van der Waals surface area contributed by atoms with Gasteiger partial charge in [0.1, 0.15) is 5.69 Å². The molecule has 2 N–H and O–H groups in total. The second-order valence-electron chi connectivity index (χ2n) is 9.58. The topological polar surface area (TPSA) is 66.9 Å². The summed E-state index contributed by atoms with van der Waals surface area (Å²) in [5.41, 5.74) is 2.86. The highest BCUT2D eigenvalue weighted by Crippen LogP contribution is 2.34. The van der Waals surface area contributed by atoms with E-state index in [-0.39, 0.29) is 23.8 Å². The van der Waals surface area contributed by atoms with Crippen molar-refractivity contribution in [3.63, 3.8) is 0 Å². The SMILES string of the molecule is Cc1nc2c(F)cccn2c1C(=O)N(N)Cc1ccc(N2CCC(c3ccc(C(F)(F)F)cc3)CC2)cc1. The Morgan fingerprint density at radius 2 is 1.71 bits per heavy atom. The molecule has 2 aromatic heterocycles. The van der Waals surface area contributed by atoms with Gasteiger partial charge in [0.05, 0.1) is 17.8 Å². The van der Waals surface area contributed by atoms with E-state index < -0.39 is 23.5 Å². The smallest absolute Gasteiger partial charge is 0.371 e. The number of rotatable bonds is 5. The highest BCUT2D eigenvalue weighted by Gasteiger charge is 2.30. The zero-order valence-electron chi connectivity index (χ0n) is 20.8. The highest BCUT2D eigenvalue weighted by molar-refractivity contribution is 5.94. The van der Waals surface area contributed by atoms with Crippen LogP contribution in [0.1, 0.15) is 51.6 Å². The zero-order valence-corrected chi connectivity index (χ0v) is 20.8. The molecule has 10 heteroatoms. The molecule has 1 aliphatic heterocycles. The number of carbonyl (C=O) groups excluding carboxylic acids is 1. The van der Waals surface area contributed by atoms with Crippen LogP contribution < -0.4 is 10.7 Å². The number of hydrogen-bond donors (Lipinski definition) is 1. The van der Waals surface area contributed by atoms with E-state index in [2.05, 4.69) is 9.88 Å². The quantitative estimate of drug-likeness (QED) is 0.157. The maximum Gasteiger partial charge on any atom is 0.416 e. The van der Waals surface area contributed by atoms with Gasteiger partial charge < -0.3 is 4.90 Å². The van der Waals surface area contributed by atoms with Gasteiger partial charge in [-0.3, -0.25) is 14.2 Å². The molecule has 1 fully saturated rings. The monoisotopic (exact) mass is 525 g/mol. The Balaban J connectivity index is 1.19. The number of halogens is 4. The summed E-state index contributed by atoms with van der Waals surface area (Å²) in [7, 11) is 0. The number of nitrogens with two attached hydrogens (primary N) is 1. The first kappa shape index (κ1) is 25.7. The van der Waals surface area contributed by atoms with Crippen molar-refractivity contribution in [2.24, 2.45) is 5.84 Å². The molecule has 0 aliphatic carbocycles. The summed E-state index contributed by atoms with van der Waals surface area (Å²) in [4.78, 5) is 19.4. The van der Waals surface area contributed by atoms with Crippen molar-refractivity contribution in [3.8, 4) is 0 Å². The molecule has 5 rings (SSSR count). The number of nitrogens with zero attached hydrogens (tertiary/aromatic N) is 4. The predicted molar refractivity (Wildman–Crippen MR) is 136 cm³/mol. The molecule has 198 valence electrons. The highest BCUT2D eigenvalue weighted by atomic mass is 19.4. The van der Waals surface area contributed by atoms with E-state index >= 15 is 0 Å². The Hall–Kier alpha value is -3.92. The number of aryl methyl sites for hydroxylation is 1. The summed E-state index contributed by atoms with van der Waals surface area (Å²) in [5, 5.41) is 1.09. The summed E-state index contributed by atoms with van der Waals surface area (Å²) in [6.45, 7) is 3.38. The van der Waals surface area contributed by atoms with Crippen LogP contribution in [0.3, 0.4) is 0 Å². The molecule has 1 aliphatic rings. The molecule has 3 heterocycles. The minimum absolute atomic E-state index is 0.0770. The number of alkyl halides is 3. The number of benzene rings is 2. The minimum atomic E-state index is -4.32. The molecule has 0 spiro atoms. The Kier molecular flexibility index (Phi) is 6.83. The lowest BCUT2D eigenvalue weighted by Gasteiger charge is -2.34. The Morgan fingerprint density at radius 1 is 1.05 bits per heavy atom. The van der Waals surface area contributed by atoms with Gasteiger partial charge in [0, 0.05) is 25.0 Å². The van der Waals surface area contributed by atoms with Crippen molar-refractivity contribution in [3.05, 3.63) is 101 Å². The van der Waals surface area contributed by atoms with E-state index in [0.717, 1.165) is 59.9 Å². The third-order valence-electron chi connectivity index (χ3n) is 7.10. The van der Waals surface area contributed by atoms with Crippen LogP contribution >= 0.6 is 0 Å². The van der Waals surface area contributed by atoms with Crippen LogP contribution in [0.2, 0.25) is 0 Å². The number of imidazole rings is 1. The molecule has 0 bridgehead atoms. The number of aromatic nitrogens is 2. The maximum atomic E-state index is 14.1. The van der Waals surface area contributed by atoms with Gasteiger partial charge in [-0.15, -0.1) is 0 Å². The number of hydrazine groups is 1. The standard InChI is InChI=1S/C28H27F4N5O/c1-18-25(36-14-2-3-24(29)26(36)34-18)27(38)37(33)17-19-4-10-23(11-5-19)35-15-12-21(13-16-35)20-6-8-22(9-7-20)28(30,31)32/h2-11,14,21H,12-13,15-17,33H2,1H3. The number of amides is 1. The average molecular weight is 526 g/mol. The summed E-state index contributed by atoms with van der Waals surface area (Å²) < 4.78 is 54.0. The molecule has 0 unspecified atom stereocenters. The molecule has 4 aromatic rings. The van der Waals surface area contributed by atoms with Gasteiger partial charge in [-0.2, -0.15) is 13.2 Å². The predicted octanol–water partition coefficient (Wildman–Crippen LogP) is 5.70. The lowest BCUT2D eigenvalue weighted by atomic mass is 9.88. The van der Waals surface area contributed by atoms with Crippen LogP contribution in [0.15, 0.2) is 66.9 Å². The summed E-state index contributed by atoms with van der Waals surface area (Å²) in [6, 6.07) is 16.0. The Labute approximate surface area is 217 Å². The first-order valence-electron chi connectivity index (χ1n) is 12.3. The molecule has 38 heavy (non-hydrogen) atoms. The molecular formula is C28H27F4N5O. The Morgan fingerprint density at radius 3 is 2.34 bits per heavy atom.